The third-order valence-electron chi connectivity index (χ3n) is 3.12. The molecule has 0 spiro atoms. The Kier molecular flexibility index (Phi) is 5.52. The Morgan fingerprint density at radius 2 is 1.78 bits per heavy atom. The Morgan fingerprint density at radius 1 is 1.04 bits per heavy atom. The van der Waals surface area contributed by atoms with Crippen molar-refractivity contribution in [2.24, 2.45) is 0 Å². The number of carbonyl (C=O) groups excluding carboxylic acids is 2. The number of benzene rings is 2. The lowest BCUT2D eigenvalue weighted by atomic mass is 10.1. The van der Waals surface area contributed by atoms with E-state index in [1.165, 1.54) is 26.4 Å². The number of ether oxygens (including phenoxy) is 2. The van der Waals surface area contributed by atoms with Gasteiger partial charge in [0.1, 0.15) is 5.75 Å². The van der Waals surface area contributed by atoms with Crippen LogP contribution in [0.5, 0.6) is 5.75 Å². The van der Waals surface area contributed by atoms with Gasteiger partial charge in [0.05, 0.1) is 25.5 Å². The van der Waals surface area contributed by atoms with E-state index in [-0.39, 0.29) is 11.5 Å². The van der Waals surface area contributed by atoms with Crippen LogP contribution in [0.25, 0.3) is 6.08 Å². The van der Waals surface area contributed by atoms with Crippen LogP contribution in [0.15, 0.2) is 54.6 Å². The molecule has 1 N–H and O–H groups in total. The van der Waals surface area contributed by atoms with Crippen LogP contribution in [0.1, 0.15) is 15.9 Å². The maximum absolute atomic E-state index is 12.0. The van der Waals surface area contributed by atoms with Gasteiger partial charge in [-0.3, -0.25) is 4.79 Å². The number of esters is 1. The van der Waals surface area contributed by atoms with Crippen molar-refractivity contribution in [2.45, 2.75) is 0 Å². The molecule has 23 heavy (non-hydrogen) atoms. The van der Waals surface area contributed by atoms with E-state index in [0.29, 0.717) is 11.4 Å². The Labute approximate surface area is 134 Å². The number of amides is 1. The van der Waals surface area contributed by atoms with Gasteiger partial charge in [-0.1, -0.05) is 30.3 Å². The number of rotatable bonds is 5. The summed E-state index contributed by atoms with van der Waals surface area (Å²) in [6.07, 6.45) is 3.09. The molecule has 0 heterocycles. The van der Waals surface area contributed by atoms with Crippen molar-refractivity contribution in [2.75, 3.05) is 19.5 Å². The Morgan fingerprint density at radius 3 is 2.43 bits per heavy atom. The monoisotopic (exact) mass is 311 g/mol. The summed E-state index contributed by atoms with van der Waals surface area (Å²) in [5, 5.41) is 2.67. The second kappa shape index (κ2) is 7.79. The number of nitrogens with one attached hydrogen (secondary N) is 1. The van der Waals surface area contributed by atoms with Crippen molar-refractivity contribution in [3.8, 4) is 5.75 Å². The highest BCUT2D eigenvalue weighted by Crippen LogP contribution is 2.23. The van der Waals surface area contributed by atoms with Crippen molar-refractivity contribution >= 4 is 23.6 Å². The minimum absolute atomic E-state index is 0.230. The number of methoxy groups -OCH3 is 2. The molecule has 0 fully saturated rings. The zero-order chi connectivity index (χ0) is 16.7. The van der Waals surface area contributed by atoms with Gasteiger partial charge < -0.3 is 14.8 Å². The van der Waals surface area contributed by atoms with E-state index in [1.54, 1.807) is 18.2 Å². The summed E-state index contributed by atoms with van der Waals surface area (Å²) in [5.74, 6) is -0.390. The topological polar surface area (TPSA) is 64.6 Å². The van der Waals surface area contributed by atoms with Crippen molar-refractivity contribution < 1.29 is 19.1 Å². The average Bonchev–Trinajstić information content (AvgIpc) is 2.60. The van der Waals surface area contributed by atoms with Gasteiger partial charge in [0.2, 0.25) is 5.91 Å². The molecule has 2 aromatic carbocycles. The van der Waals surface area contributed by atoms with Gasteiger partial charge in [0.25, 0.3) is 0 Å². The van der Waals surface area contributed by atoms with Crippen LogP contribution in [-0.4, -0.2) is 26.1 Å². The third kappa shape index (κ3) is 4.44. The predicted octanol–water partition coefficient (Wildman–Crippen LogP) is 3.13. The molecule has 118 valence electrons. The van der Waals surface area contributed by atoms with E-state index in [1.807, 2.05) is 30.3 Å². The second-order valence-corrected chi connectivity index (χ2v) is 4.64. The average molecular weight is 311 g/mol. The van der Waals surface area contributed by atoms with Gasteiger partial charge in [-0.2, -0.15) is 0 Å². The first-order valence-corrected chi connectivity index (χ1v) is 6.94. The number of hydrogen-bond donors (Lipinski definition) is 1. The van der Waals surface area contributed by atoms with E-state index in [4.69, 9.17) is 9.47 Å². The molecule has 0 bridgehead atoms. The maximum Gasteiger partial charge on any atom is 0.340 e. The molecule has 0 aromatic heterocycles. The molecule has 0 saturated carbocycles. The molecule has 0 saturated heterocycles. The zero-order valence-corrected chi connectivity index (χ0v) is 12.9. The predicted molar refractivity (Wildman–Crippen MR) is 88.4 cm³/mol. The molecule has 5 heteroatoms. The van der Waals surface area contributed by atoms with E-state index in [0.717, 1.165) is 5.56 Å². The molecule has 2 rings (SSSR count). The van der Waals surface area contributed by atoms with Crippen molar-refractivity contribution in [3.63, 3.8) is 0 Å². The molecule has 0 aliphatic heterocycles. The first kappa shape index (κ1) is 16.3. The van der Waals surface area contributed by atoms with E-state index in [9.17, 15) is 9.59 Å². The zero-order valence-electron chi connectivity index (χ0n) is 12.9. The summed E-state index contributed by atoms with van der Waals surface area (Å²) < 4.78 is 9.80. The SMILES string of the molecule is COC(=O)c1cc(OC)ccc1NC(=O)/C=C/c1ccccc1. The van der Waals surface area contributed by atoms with Crippen LogP contribution in [-0.2, 0) is 9.53 Å². The van der Waals surface area contributed by atoms with Crippen molar-refractivity contribution in [1.82, 2.24) is 0 Å². The number of hydrogen-bond acceptors (Lipinski definition) is 4. The Bertz CT molecular complexity index is 723. The molecule has 0 aliphatic carbocycles. The van der Waals surface area contributed by atoms with Crippen LogP contribution in [0.3, 0.4) is 0 Å². The van der Waals surface area contributed by atoms with Crippen LogP contribution in [0.4, 0.5) is 5.69 Å². The van der Waals surface area contributed by atoms with Crippen LogP contribution in [0, 0.1) is 0 Å². The van der Waals surface area contributed by atoms with Gasteiger partial charge in [0, 0.05) is 6.08 Å². The Balaban J connectivity index is 2.17. The molecule has 0 radical (unpaired) electrons. The normalized spacial score (nSPS) is 10.3. The molecule has 0 unspecified atom stereocenters. The van der Waals surface area contributed by atoms with Gasteiger partial charge in [0.15, 0.2) is 0 Å². The van der Waals surface area contributed by atoms with Gasteiger partial charge >= 0.3 is 5.97 Å². The fourth-order valence-corrected chi connectivity index (χ4v) is 1.95. The molecule has 1 amide bonds. The minimum Gasteiger partial charge on any atom is -0.497 e. The Hall–Kier alpha value is -3.08. The summed E-state index contributed by atoms with van der Waals surface area (Å²) >= 11 is 0. The summed E-state index contributed by atoms with van der Waals surface area (Å²) in [6.45, 7) is 0. The standard InChI is InChI=1S/C18H17NO4/c1-22-14-9-10-16(15(12-14)18(21)23-2)19-17(20)11-8-13-6-4-3-5-7-13/h3-12H,1-2H3,(H,19,20)/b11-8+. The molecular formula is C18H17NO4. The van der Waals surface area contributed by atoms with Crippen LogP contribution >= 0.6 is 0 Å². The summed E-state index contributed by atoms with van der Waals surface area (Å²) in [6, 6.07) is 14.2. The highest BCUT2D eigenvalue weighted by molar-refractivity contribution is 6.06. The van der Waals surface area contributed by atoms with Gasteiger partial charge in [-0.05, 0) is 29.8 Å². The lowest BCUT2D eigenvalue weighted by molar-refractivity contribution is -0.111. The molecule has 0 atom stereocenters. The molecular weight excluding hydrogens is 294 g/mol. The van der Waals surface area contributed by atoms with Crippen molar-refractivity contribution in [1.29, 1.82) is 0 Å². The minimum atomic E-state index is -0.550. The fraction of sp³-hybridized carbons (Fsp3) is 0.111. The van der Waals surface area contributed by atoms with E-state index >= 15 is 0 Å². The van der Waals surface area contributed by atoms with Gasteiger partial charge in [-0.15, -0.1) is 0 Å². The first-order chi connectivity index (χ1) is 11.1. The van der Waals surface area contributed by atoms with E-state index < -0.39 is 5.97 Å². The largest absolute Gasteiger partial charge is 0.497 e. The maximum atomic E-state index is 12.0. The summed E-state index contributed by atoms with van der Waals surface area (Å²) in [5.41, 5.74) is 1.50. The fourth-order valence-electron chi connectivity index (χ4n) is 1.95. The molecule has 5 nitrogen and oxygen atoms in total. The number of carbonyl (C=O) groups is 2. The van der Waals surface area contributed by atoms with E-state index in [2.05, 4.69) is 5.32 Å². The summed E-state index contributed by atoms with van der Waals surface area (Å²) in [4.78, 5) is 23.8. The highest BCUT2D eigenvalue weighted by Gasteiger charge is 2.14. The second-order valence-electron chi connectivity index (χ2n) is 4.64. The quantitative estimate of drug-likeness (QED) is 0.680. The summed E-state index contributed by atoms with van der Waals surface area (Å²) in [7, 11) is 2.78. The van der Waals surface area contributed by atoms with Crippen LogP contribution < -0.4 is 10.1 Å². The lowest BCUT2D eigenvalue weighted by Crippen LogP contribution is -2.13. The lowest BCUT2D eigenvalue weighted by Gasteiger charge is -2.10. The molecule has 2 aromatic rings. The highest BCUT2D eigenvalue weighted by atomic mass is 16.5. The smallest absolute Gasteiger partial charge is 0.340 e. The van der Waals surface area contributed by atoms with Crippen LogP contribution in [0.2, 0.25) is 0 Å². The first-order valence-electron chi connectivity index (χ1n) is 6.94. The number of anilines is 1. The van der Waals surface area contributed by atoms with Gasteiger partial charge in [-0.25, -0.2) is 4.79 Å². The van der Waals surface area contributed by atoms with Crippen molar-refractivity contribution in [3.05, 3.63) is 65.7 Å². The molecule has 0 aliphatic rings. The third-order valence-corrected chi connectivity index (χ3v) is 3.12.